The molecular formula is C17H14N2O. The number of nitriles is 2. The average Bonchev–Trinajstić information content (AvgIpc) is 2.53. The summed E-state index contributed by atoms with van der Waals surface area (Å²) in [6.07, 6.45) is 0. The molecule has 0 heterocycles. The van der Waals surface area contributed by atoms with Gasteiger partial charge >= 0.3 is 0 Å². The standard InChI is InChI=1S/C17H14N2O/c1-20-15-9-7-14(8-10-15)17(12-19)16(11-18)13-5-3-2-4-6-13/h2-10,16-17H,1H3/t16-,17+/m1/s1. The fourth-order valence-corrected chi connectivity index (χ4v) is 2.15. The molecule has 2 aromatic rings. The van der Waals surface area contributed by atoms with Gasteiger partial charge in [0.1, 0.15) is 5.75 Å². The Kier molecular flexibility index (Phi) is 4.37. The predicted octanol–water partition coefficient (Wildman–Crippen LogP) is 3.61. The van der Waals surface area contributed by atoms with Crippen LogP contribution < -0.4 is 4.74 Å². The van der Waals surface area contributed by atoms with Gasteiger partial charge in [-0.3, -0.25) is 0 Å². The lowest BCUT2D eigenvalue weighted by Gasteiger charge is -2.16. The van der Waals surface area contributed by atoms with E-state index in [0.717, 1.165) is 16.9 Å². The summed E-state index contributed by atoms with van der Waals surface area (Å²) < 4.78 is 5.11. The van der Waals surface area contributed by atoms with Gasteiger partial charge in [0.15, 0.2) is 0 Å². The van der Waals surface area contributed by atoms with Crippen LogP contribution in [0.25, 0.3) is 0 Å². The predicted molar refractivity (Wildman–Crippen MR) is 76.1 cm³/mol. The van der Waals surface area contributed by atoms with Gasteiger partial charge in [0.05, 0.1) is 31.1 Å². The molecule has 0 aliphatic carbocycles. The highest BCUT2D eigenvalue weighted by molar-refractivity contribution is 5.39. The maximum atomic E-state index is 9.44. The molecule has 98 valence electrons. The Balaban J connectivity index is 2.35. The van der Waals surface area contributed by atoms with E-state index in [1.807, 2.05) is 42.5 Å². The van der Waals surface area contributed by atoms with E-state index in [2.05, 4.69) is 12.1 Å². The highest BCUT2D eigenvalue weighted by Crippen LogP contribution is 2.32. The molecule has 0 spiro atoms. The van der Waals surface area contributed by atoms with Crippen LogP contribution in [-0.2, 0) is 0 Å². The average molecular weight is 262 g/mol. The van der Waals surface area contributed by atoms with Crippen molar-refractivity contribution in [1.82, 2.24) is 0 Å². The number of methoxy groups -OCH3 is 1. The van der Waals surface area contributed by atoms with Crippen LogP contribution in [0.15, 0.2) is 54.6 Å². The molecule has 0 saturated carbocycles. The van der Waals surface area contributed by atoms with Gasteiger partial charge in [0, 0.05) is 0 Å². The Labute approximate surface area is 118 Å². The molecule has 0 aromatic heterocycles. The first kappa shape index (κ1) is 13.6. The Morgan fingerprint density at radius 3 is 1.75 bits per heavy atom. The molecule has 2 aromatic carbocycles. The monoisotopic (exact) mass is 262 g/mol. The first-order valence-corrected chi connectivity index (χ1v) is 6.28. The quantitative estimate of drug-likeness (QED) is 0.845. The maximum absolute atomic E-state index is 9.44. The van der Waals surface area contributed by atoms with Crippen LogP contribution in [0.3, 0.4) is 0 Å². The molecule has 0 radical (unpaired) electrons. The van der Waals surface area contributed by atoms with Crippen LogP contribution in [-0.4, -0.2) is 7.11 Å². The van der Waals surface area contributed by atoms with Gasteiger partial charge in [-0.25, -0.2) is 0 Å². The molecule has 0 N–H and O–H groups in total. The van der Waals surface area contributed by atoms with Crippen molar-refractivity contribution in [3.05, 3.63) is 65.7 Å². The number of hydrogen-bond acceptors (Lipinski definition) is 3. The fourth-order valence-electron chi connectivity index (χ4n) is 2.15. The number of nitrogens with zero attached hydrogens (tertiary/aromatic N) is 2. The van der Waals surface area contributed by atoms with Crippen molar-refractivity contribution in [3.63, 3.8) is 0 Å². The van der Waals surface area contributed by atoms with E-state index in [9.17, 15) is 10.5 Å². The number of rotatable bonds is 4. The molecule has 0 unspecified atom stereocenters. The van der Waals surface area contributed by atoms with E-state index in [1.54, 1.807) is 19.2 Å². The van der Waals surface area contributed by atoms with Gasteiger partial charge in [-0.1, -0.05) is 42.5 Å². The first-order chi connectivity index (χ1) is 9.80. The smallest absolute Gasteiger partial charge is 0.118 e. The van der Waals surface area contributed by atoms with Crippen LogP contribution in [0.4, 0.5) is 0 Å². The normalized spacial score (nSPS) is 12.8. The van der Waals surface area contributed by atoms with E-state index in [-0.39, 0.29) is 0 Å². The molecule has 20 heavy (non-hydrogen) atoms. The van der Waals surface area contributed by atoms with Gasteiger partial charge in [-0.15, -0.1) is 0 Å². The van der Waals surface area contributed by atoms with Gasteiger partial charge in [-0.2, -0.15) is 10.5 Å². The van der Waals surface area contributed by atoms with Crippen LogP contribution in [0.5, 0.6) is 5.75 Å². The largest absolute Gasteiger partial charge is 0.497 e. The van der Waals surface area contributed by atoms with Gasteiger partial charge < -0.3 is 4.74 Å². The summed E-state index contributed by atoms with van der Waals surface area (Å²) in [7, 11) is 1.60. The van der Waals surface area contributed by atoms with Crippen molar-refractivity contribution in [2.45, 2.75) is 11.8 Å². The SMILES string of the molecule is COc1ccc([C@H](C#N)[C@H](C#N)c2ccccc2)cc1. The zero-order chi connectivity index (χ0) is 14.4. The van der Waals surface area contributed by atoms with E-state index in [1.165, 1.54) is 0 Å². The maximum Gasteiger partial charge on any atom is 0.118 e. The Hall–Kier alpha value is -2.78. The van der Waals surface area contributed by atoms with Crippen molar-refractivity contribution in [2.75, 3.05) is 7.11 Å². The second kappa shape index (κ2) is 6.41. The summed E-state index contributed by atoms with van der Waals surface area (Å²) in [6, 6.07) is 21.2. The minimum atomic E-state index is -0.492. The molecule has 0 amide bonds. The topological polar surface area (TPSA) is 56.8 Å². The highest BCUT2D eigenvalue weighted by atomic mass is 16.5. The Morgan fingerprint density at radius 2 is 1.30 bits per heavy atom. The highest BCUT2D eigenvalue weighted by Gasteiger charge is 2.24. The lowest BCUT2D eigenvalue weighted by atomic mass is 9.83. The molecule has 0 fully saturated rings. The Morgan fingerprint density at radius 1 is 0.800 bits per heavy atom. The van der Waals surface area contributed by atoms with Crippen LogP contribution in [0.2, 0.25) is 0 Å². The van der Waals surface area contributed by atoms with Crippen LogP contribution in [0, 0.1) is 22.7 Å². The molecule has 3 heteroatoms. The summed E-state index contributed by atoms with van der Waals surface area (Å²) >= 11 is 0. The Bertz CT molecular complexity index is 635. The minimum absolute atomic E-state index is 0.477. The van der Waals surface area contributed by atoms with Crippen molar-refractivity contribution in [2.24, 2.45) is 0 Å². The lowest BCUT2D eigenvalue weighted by Crippen LogP contribution is -2.08. The fraction of sp³-hybridized carbons (Fsp3) is 0.176. The molecule has 0 bridgehead atoms. The van der Waals surface area contributed by atoms with Crippen LogP contribution >= 0.6 is 0 Å². The molecule has 0 aliphatic rings. The third kappa shape index (κ3) is 2.79. The summed E-state index contributed by atoms with van der Waals surface area (Å²) in [5.41, 5.74) is 1.68. The summed E-state index contributed by atoms with van der Waals surface area (Å²) in [6.45, 7) is 0. The van der Waals surface area contributed by atoms with E-state index in [4.69, 9.17) is 4.74 Å². The van der Waals surface area contributed by atoms with E-state index < -0.39 is 11.8 Å². The molecule has 2 atom stereocenters. The van der Waals surface area contributed by atoms with Gasteiger partial charge in [-0.05, 0) is 23.3 Å². The molecular weight excluding hydrogens is 248 g/mol. The zero-order valence-corrected chi connectivity index (χ0v) is 11.2. The summed E-state index contributed by atoms with van der Waals surface area (Å²) in [5, 5.41) is 18.9. The second-order valence-electron chi connectivity index (χ2n) is 4.40. The lowest BCUT2D eigenvalue weighted by molar-refractivity contribution is 0.414. The van der Waals surface area contributed by atoms with Gasteiger partial charge in [0.25, 0.3) is 0 Å². The summed E-state index contributed by atoms with van der Waals surface area (Å²) in [5.74, 6) is -0.235. The third-order valence-electron chi connectivity index (χ3n) is 3.25. The summed E-state index contributed by atoms with van der Waals surface area (Å²) in [4.78, 5) is 0. The number of benzene rings is 2. The molecule has 3 nitrogen and oxygen atoms in total. The molecule has 0 saturated heterocycles. The molecule has 2 rings (SSSR count). The zero-order valence-electron chi connectivity index (χ0n) is 11.2. The van der Waals surface area contributed by atoms with Gasteiger partial charge in [0.2, 0.25) is 0 Å². The third-order valence-corrected chi connectivity index (χ3v) is 3.25. The second-order valence-corrected chi connectivity index (χ2v) is 4.40. The number of hydrogen-bond donors (Lipinski definition) is 0. The van der Waals surface area contributed by atoms with E-state index in [0.29, 0.717) is 0 Å². The van der Waals surface area contributed by atoms with Crippen LogP contribution in [0.1, 0.15) is 23.0 Å². The molecule has 0 aliphatic heterocycles. The van der Waals surface area contributed by atoms with Crippen molar-refractivity contribution < 1.29 is 4.74 Å². The van der Waals surface area contributed by atoms with Crippen molar-refractivity contribution in [3.8, 4) is 17.9 Å². The van der Waals surface area contributed by atoms with E-state index >= 15 is 0 Å². The first-order valence-electron chi connectivity index (χ1n) is 6.28. The number of ether oxygens (including phenoxy) is 1. The van der Waals surface area contributed by atoms with Crippen molar-refractivity contribution >= 4 is 0 Å². The minimum Gasteiger partial charge on any atom is -0.497 e. The van der Waals surface area contributed by atoms with Crippen molar-refractivity contribution in [1.29, 1.82) is 10.5 Å².